The van der Waals surface area contributed by atoms with E-state index in [9.17, 15) is 0 Å². The van der Waals surface area contributed by atoms with E-state index in [-0.39, 0.29) is 12.1 Å². The minimum Gasteiger partial charge on any atom is -0.497 e. The van der Waals surface area contributed by atoms with E-state index in [1.807, 2.05) is 30.5 Å². The molecule has 0 fully saturated rings. The largest absolute Gasteiger partial charge is 0.497 e. The third kappa shape index (κ3) is 3.73. The topological polar surface area (TPSA) is 43.4 Å². The SMILES string of the molecule is COc1ccc(OC)c(C(C)N[C@H](C)c2cccnc2)c1. The molecule has 2 rings (SSSR count). The van der Waals surface area contributed by atoms with Gasteiger partial charge in [0.15, 0.2) is 0 Å². The fourth-order valence-electron chi connectivity index (χ4n) is 2.37. The first kappa shape index (κ1) is 15.3. The van der Waals surface area contributed by atoms with Gasteiger partial charge in [0.1, 0.15) is 11.5 Å². The van der Waals surface area contributed by atoms with Gasteiger partial charge < -0.3 is 14.8 Å². The van der Waals surface area contributed by atoms with Crippen molar-refractivity contribution in [2.24, 2.45) is 0 Å². The van der Waals surface area contributed by atoms with Crippen LogP contribution in [0.3, 0.4) is 0 Å². The molecule has 0 radical (unpaired) electrons. The molecular formula is C17H22N2O2. The highest BCUT2D eigenvalue weighted by molar-refractivity contribution is 5.42. The van der Waals surface area contributed by atoms with Gasteiger partial charge in [-0.3, -0.25) is 4.98 Å². The first-order valence-electron chi connectivity index (χ1n) is 7.03. The zero-order valence-electron chi connectivity index (χ0n) is 13.0. The lowest BCUT2D eigenvalue weighted by Gasteiger charge is -2.22. The van der Waals surface area contributed by atoms with Gasteiger partial charge in [-0.05, 0) is 43.7 Å². The van der Waals surface area contributed by atoms with Gasteiger partial charge in [-0.1, -0.05) is 6.07 Å². The first-order chi connectivity index (χ1) is 10.2. The number of nitrogens with one attached hydrogen (secondary N) is 1. The van der Waals surface area contributed by atoms with Crippen LogP contribution >= 0.6 is 0 Å². The molecule has 0 saturated heterocycles. The van der Waals surface area contributed by atoms with Gasteiger partial charge in [0.05, 0.1) is 14.2 Å². The Morgan fingerprint density at radius 3 is 2.48 bits per heavy atom. The quantitative estimate of drug-likeness (QED) is 0.882. The molecule has 112 valence electrons. The Kier molecular flexibility index (Phi) is 5.17. The van der Waals surface area contributed by atoms with Crippen molar-refractivity contribution in [1.82, 2.24) is 10.3 Å². The molecule has 0 saturated carbocycles. The monoisotopic (exact) mass is 286 g/mol. The van der Waals surface area contributed by atoms with Crippen molar-refractivity contribution in [1.29, 1.82) is 0 Å². The molecule has 4 heteroatoms. The number of nitrogens with zero attached hydrogens (tertiary/aromatic N) is 1. The molecule has 1 aromatic heterocycles. The Balaban J connectivity index is 2.18. The maximum Gasteiger partial charge on any atom is 0.123 e. The average Bonchev–Trinajstić information content (AvgIpc) is 2.54. The van der Waals surface area contributed by atoms with Crippen LogP contribution in [0.2, 0.25) is 0 Å². The maximum atomic E-state index is 5.45. The standard InChI is InChI=1S/C17H22N2O2/c1-12(14-6-5-9-18-11-14)19-13(2)16-10-15(20-3)7-8-17(16)21-4/h5-13,19H,1-4H3/t12-,13?/m1/s1. The lowest BCUT2D eigenvalue weighted by Crippen LogP contribution is -2.23. The van der Waals surface area contributed by atoms with E-state index in [0.29, 0.717) is 0 Å². The highest BCUT2D eigenvalue weighted by atomic mass is 16.5. The average molecular weight is 286 g/mol. The minimum absolute atomic E-state index is 0.130. The summed E-state index contributed by atoms with van der Waals surface area (Å²) in [5.74, 6) is 1.68. The second-order valence-corrected chi connectivity index (χ2v) is 5.00. The molecular weight excluding hydrogens is 264 g/mol. The Morgan fingerprint density at radius 2 is 1.86 bits per heavy atom. The van der Waals surface area contributed by atoms with E-state index >= 15 is 0 Å². The number of benzene rings is 1. The number of aromatic nitrogens is 1. The summed E-state index contributed by atoms with van der Waals surface area (Å²) >= 11 is 0. The summed E-state index contributed by atoms with van der Waals surface area (Å²) in [6.45, 7) is 4.24. The molecule has 21 heavy (non-hydrogen) atoms. The van der Waals surface area contributed by atoms with Gasteiger partial charge in [-0.15, -0.1) is 0 Å². The summed E-state index contributed by atoms with van der Waals surface area (Å²) in [5.41, 5.74) is 2.24. The molecule has 1 aromatic carbocycles. The molecule has 0 aliphatic rings. The van der Waals surface area contributed by atoms with Crippen LogP contribution in [0.25, 0.3) is 0 Å². The summed E-state index contributed by atoms with van der Waals surface area (Å²) in [4.78, 5) is 4.16. The van der Waals surface area contributed by atoms with E-state index in [0.717, 1.165) is 22.6 Å². The Hall–Kier alpha value is -2.07. The molecule has 1 heterocycles. The highest BCUT2D eigenvalue weighted by Crippen LogP contribution is 2.30. The van der Waals surface area contributed by atoms with Crippen LogP contribution in [0.4, 0.5) is 0 Å². The summed E-state index contributed by atoms with van der Waals surface area (Å²) in [6.07, 6.45) is 3.66. The van der Waals surface area contributed by atoms with E-state index in [1.54, 1.807) is 20.4 Å². The van der Waals surface area contributed by atoms with Crippen molar-refractivity contribution in [2.45, 2.75) is 25.9 Å². The highest BCUT2D eigenvalue weighted by Gasteiger charge is 2.15. The number of pyridine rings is 1. The van der Waals surface area contributed by atoms with Gasteiger partial charge >= 0.3 is 0 Å². The van der Waals surface area contributed by atoms with Crippen LogP contribution in [0, 0.1) is 0 Å². The fourth-order valence-corrected chi connectivity index (χ4v) is 2.37. The van der Waals surface area contributed by atoms with Crippen LogP contribution < -0.4 is 14.8 Å². The fraction of sp³-hybridized carbons (Fsp3) is 0.353. The van der Waals surface area contributed by atoms with Gasteiger partial charge in [0.2, 0.25) is 0 Å². The van der Waals surface area contributed by atoms with Crippen LogP contribution in [0.5, 0.6) is 11.5 Å². The Morgan fingerprint density at radius 1 is 1.05 bits per heavy atom. The third-order valence-corrected chi connectivity index (χ3v) is 3.59. The van der Waals surface area contributed by atoms with Gasteiger partial charge in [0.25, 0.3) is 0 Å². The summed E-state index contributed by atoms with van der Waals surface area (Å²) in [6, 6.07) is 10.2. The van der Waals surface area contributed by atoms with E-state index in [1.165, 1.54) is 0 Å². The van der Waals surface area contributed by atoms with E-state index < -0.39 is 0 Å². The van der Waals surface area contributed by atoms with Crippen molar-refractivity contribution in [3.63, 3.8) is 0 Å². The number of hydrogen-bond acceptors (Lipinski definition) is 4. The van der Waals surface area contributed by atoms with Crippen molar-refractivity contribution in [3.05, 3.63) is 53.9 Å². The van der Waals surface area contributed by atoms with Crippen molar-refractivity contribution >= 4 is 0 Å². The van der Waals surface area contributed by atoms with Crippen molar-refractivity contribution < 1.29 is 9.47 Å². The molecule has 0 aliphatic carbocycles. The number of ether oxygens (including phenoxy) is 2. The van der Waals surface area contributed by atoms with Gasteiger partial charge in [0, 0.05) is 30.0 Å². The van der Waals surface area contributed by atoms with Crippen LogP contribution in [-0.2, 0) is 0 Å². The molecule has 4 nitrogen and oxygen atoms in total. The molecule has 0 amide bonds. The Bertz CT molecular complexity index is 572. The van der Waals surface area contributed by atoms with E-state index in [2.05, 4.69) is 30.2 Å². The first-order valence-corrected chi connectivity index (χ1v) is 7.03. The molecule has 2 atom stereocenters. The summed E-state index contributed by atoms with van der Waals surface area (Å²) in [7, 11) is 3.35. The normalized spacial score (nSPS) is 13.5. The van der Waals surface area contributed by atoms with Crippen LogP contribution in [-0.4, -0.2) is 19.2 Å². The lowest BCUT2D eigenvalue weighted by atomic mass is 10.0. The zero-order chi connectivity index (χ0) is 15.2. The molecule has 0 bridgehead atoms. The van der Waals surface area contributed by atoms with Gasteiger partial charge in [-0.2, -0.15) is 0 Å². The molecule has 0 aliphatic heterocycles. The van der Waals surface area contributed by atoms with Crippen molar-refractivity contribution in [2.75, 3.05) is 14.2 Å². The number of hydrogen-bond donors (Lipinski definition) is 1. The Labute approximate surface area is 126 Å². The van der Waals surface area contributed by atoms with Crippen molar-refractivity contribution in [3.8, 4) is 11.5 Å². The minimum atomic E-state index is 0.130. The predicted octanol–water partition coefficient (Wildman–Crippen LogP) is 3.51. The molecule has 2 aromatic rings. The third-order valence-electron chi connectivity index (χ3n) is 3.59. The second-order valence-electron chi connectivity index (χ2n) is 5.00. The zero-order valence-corrected chi connectivity index (χ0v) is 13.0. The molecule has 0 spiro atoms. The molecule has 1 N–H and O–H groups in total. The summed E-state index contributed by atoms with van der Waals surface area (Å²) in [5, 5.41) is 3.56. The van der Waals surface area contributed by atoms with Crippen LogP contribution in [0.15, 0.2) is 42.7 Å². The predicted molar refractivity (Wildman–Crippen MR) is 83.7 cm³/mol. The van der Waals surface area contributed by atoms with Crippen LogP contribution in [0.1, 0.15) is 37.1 Å². The van der Waals surface area contributed by atoms with E-state index in [4.69, 9.17) is 9.47 Å². The maximum absolute atomic E-state index is 5.45. The smallest absolute Gasteiger partial charge is 0.123 e. The molecule has 1 unspecified atom stereocenters. The number of rotatable bonds is 6. The van der Waals surface area contributed by atoms with Gasteiger partial charge in [-0.25, -0.2) is 0 Å². The number of methoxy groups -OCH3 is 2. The lowest BCUT2D eigenvalue weighted by molar-refractivity contribution is 0.387. The summed E-state index contributed by atoms with van der Waals surface area (Å²) < 4.78 is 10.7. The second kappa shape index (κ2) is 7.09.